The summed E-state index contributed by atoms with van der Waals surface area (Å²) >= 11 is 0. The van der Waals surface area contributed by atoms with Gasteiger partial charge in [0, 0.05) is 23.9 Å². The van der Waals surface area contributed by atoms with E-state index in [9.17, 15) is 14.9 Å². The molecule has 0 aliphatic carbocycles. The van der Waals surface area contributed by atoms with Crippen LogP contribution in [-0.4, -0.2) is 23.0 Å². The van der Waals surface area contributed by atoms with Gasteiger partial charge in [-0.05, 0) is 24.6 Å². The Bertz CT molecular complexity index is 665. The molecule has 102 valence electrons. The van der Waals surface area contributed by atoms with Crippen molar-refractivity contribution >= 4 is 11.7 Å². The number of carbonyl (C=O) groups is 1. The fourth-order valence-electron chi connectivity index (χ4n) is 1.74. The summed E-state index contributed by atoms with van der Waals surface area (Å²) < 4.78 is 4.60. The summed E-state index contributed by atoms with van der Waals surface area (Å²) in [6.07, 6.45) is 1.66. The second-order valence-electron chi connectivity index (χ2n) is 4.24. The summed E-state index contributed by atoms with van der Waals surface area (Å²) in [5.74, 6) is -0.623. The van der Waals surface area contributed by atoms with Crippen LogP contribution >= 0.6 is 0 Å². The Balaban J connectivity index is 2.57. The molecule has 2 rings (SSSR count). The molecule has 0 unspecified atom stereocenters. The maximum absolute atomic E-state index is 11.6. The molecule has 0 saturated heterocycles. The van der Waals surface area contributed by atoms with Crippen LogP contribution in [0.5, 0.6) is 0 Å². The Morgan fingerprint density at radius 2 is 2.05 bits per heavy atom. The van der Waals surface area contributed by atoms with E-state index >= 15 is 0 Å². The first-order valence-corrected chi connectivity index (χ1v) is 5.82. The number of nitro benzene ring substituents is 1. The summed E-state index contributed by atoms with van der Waals surface area (Å²) in [4.78, 5) is 26.1. The first-order valence-electron chi connectivity index (χ1n) is 5.82. The third-order valence-corrected chi connectivity index (χ3v) is 2.76. The van der Waals surface area contributed by atoms with Gasteiger partial charge in [0.2, 0.25) is 0 Å². The average molecular weight is 272 g/mol. The first-order chi connectivity index (χ1) is 9.51. The summed E-state index contributed by atoms with van der Waals surface area (Å²) in [5, 5.41) is 10.9. The van der Waals surface area contributed by atoms with Crippen molar-refractivity contribution in [2.45, 2.75) is 6.92 Å². The van der Waals surface area contributed by atoms with Crippen molar-refractivity contribution in [2.24, 2.45) is 0 Å². The molecule has 0 aliphatic heterocycles. The molecule has 1 heterocycles. The number of non-ortho nitro benzene ring substituents is 1. The molecule has 2 aromatic rings. The molecule has 0 atom stereocenters. The maximum atomic E-state index is 11.6. The molecule has 0 spiro atoms. The Labute approximate surface area is 115 Å². The third kappa shape index (κ3) is 2.80. The summed E-state index contributed by atoms with van der Waals surface area (Å²) in [6, 6.07) is 7.68. The predicted octanol–water partition coefficient (Wildman–Crippen LogP) is 2.75. The molecule has 1 aromatic heterocycles. The molecule has 0 fully saturated rings. The van der Waals surface area contributed by atoms with Gasteiger partial charge in [0.05, 0.1) is 23.3 Å². The van der Waals surface area contributed by atoms with Gasteiger partial charge in [0.25, 0.3) is 5.69 Å². The Morgan fingerprint density at radius 3 is 2.60 bits per heavy atom. The monoisotopic (exact) mass is 272 g/mol. The molecule has 6 nitrogen and oxygen atoms in total. The number of pyridine rings is 1. The number of nitrogens with zero attached hydrogens (tertiary/aromatic N) is 2. The number of esters is 1. The lowest BCUT2D eigenvalue weighted by atomic mass is 10.1. The van der Waals surface area contributed by atoms with Crippen LogP contribution in [-0.2, 0) is 4.74 Å². The number of nitro groups is 1. The van der Waals surface area contributed by atoms with Gasteiger partial charge in [-0.15, -0.1) is 0 Å². The Hall–Kier alpha value is -2.76. The van der Waals surface area contributed by atoms with E-state index in [-0.39, 0.29) is 11.3 Å². The van der Waals surface area contributed by atoms with Gasteiger partial charge in [-0.25, -0.2) is 4.79 Å². The number of aryl methyl sites for hydroxylation is 1. The molecular weight excluding hydrogens is 260 g/mol. The first kappa shape index (κ1) is 13.7. The normalized spacial score (nSPS) is 10.1. The Kier molecular flexibility index (Phi) is 3.74. The van der Waals surface area contributed by atoms with Crippen molar-refractivity contribution in [3.8, 4) is 11.3 Å². The number of ether oxygens (including phenoxy) is 1. The standard InChI is InChI=1S/C14H12N2O4/c1-9-3-4-13(15-8-9)10-5-11(14(17)20-2)7-12(6-10)16(18)19/h3-8H,1-2H3. The van der Waals surface area contributed by atoms with E-state index in [1.165, 1.54) is 25.3 Å². The topological polar surface area (TPSA) is 82.3 Å². The molecule has 0 radical (unpaired) electrons. The SMILES string of the molecule is COC(=O)c1cc(-c2ccc(C)cn2)cc([N+](=O)[O-])c1. The van der Waals surface area contributed by atoms with Gasteiger partial charge in [0.1, 0.15) is 0 Å². The highest BCUT2D eigenvalue weighted by Crippen LogP contribution is 2.25. The van der Waals surface area contributed by atoms with Gasteiger partial charge in [-0.2, -0.15) is 0 Å². The lowest BCUT2D eigenvalue weighted by Gasteiger charge is -2.05. The van der Waals surface area contributed by atoms with Gasteiger partial charge in [0.15, 0.2) is 0 Å². The zero-order valence-corrected chi connectivity index (χ0v) is 11.0. The lowest BCUT2D eigenvalue weighted by Crippen LogP contribution is -2.03. The quantitative estimate of drug-likeness (QED) is 0.487. The van der Waals surface area contributed by atoms with Crippen molar-refractivity contribution in [2.75, 3.05) is 7.11 Å². The summed E-state index contributed by atoms with van der Waals surface area (Å²) in [5.41, 5.74) is 1.99. The number of rotatable bonds is 3. The number of carbonyl (C=O) groups excluding carboxylic acids is 1. The maximum Gasteiger partial charge on any atom is 0.338 e. The number of hydrogen-bond donors (Lipinski definition) is 0. The van der Waals surface area contributed by atoms with Gasteiger partial charge in [-0.3, -0.25) is 15.1 Å². The smallest absolute Gasteiger partial charge is 0.338 e. The van der Waals surface area contributed by atoms with Crippen molar-refractivity contribution < 1.29 is 14.5 Å². The second-order valence-corrected chi connectivity index (χ2v) is 4.24. The van der Waals surface area contributed by atoms with E-state index in [2.05, 4.69) is 9.72 Å². The van der Waals surface area contributed by atoms with Gasteiger partial charge >= 0.3 is 5.97 Å². The van der Waals surface area contributed by atoms with E-state index in [1.807, 2.05) is 13.0 Å². The van der Waals surface area contributed by atoms with Crippen LogP contribution in [0.15, 0.2) is 36.5 Å². The van der Waals surface area contributed by atoms with Crippen LogP contribution in [0.2, 0.25) is 0 Å². The van der Waals surface area contributed by atoms with Crippen molar-refractivity contribution in [3.05, 3.63) is 57.8 Å². The fourth-order valence-corrected chi connectivity index (χ4v) is 1.74. The van der Waals surface area contributed by atoms with Crippen LogP contribution in [0.3, 0.4) is 0 Å². The average Bonchev–Trinajstić information content (AvgIpc) is 2.46. The summed E-state index contributed by atoms with van der Waals surface area (Å²) in [6.45, 7) is 1.89. The van der Waals surface area contributed by atoms with E-state index in [1.54, 1.807) is 12.3 Å². The minimum Gasteiger partial charge on any atom is -0.465 e. The van der Waals surface area contributed by atoms with E-state index in [4.69, 9.17) is 0 Å². The van der Waals surface area contributed by atoms with Crippen molar-refractivity contribution in [3.63, 3.8) is 0 Å². The van der Waals surface area contributed by atoms with Crippen LogP contribution in [0.1, 0.15) is 15.9 Å². The highest BCUT2D eigenvalue weighted by Gasteiger charge is 2.16. The molecule has 0 bridgehead atoms. The van der Waals surface area contributed by atoms with Crippen LogP contribution in [0, 0.1) is 17.0 Å². The van der Waals surface area contributed by atoms with Gasteiger partial charge < -0.3 is 4.74 Å². The largest absolute Gasteiger partial charge is 0.465 e. The highest BCUT2D eigenvalue weighted by atomic mass is 16.6. The third-order valence-electron chi connectivity index (χ3n) is 2.76. The second kappa shape index (κ2) is 5.48. The minimum absolute atomic E-state index is 0.124. The Morgan fingerprint density at radius 1 is 1.30 bits per heavy atom. The van der Waals surface area contributed by atoms with Crippen molar-refractivity contribution in [1.29, 1.82) is 0 Å². The van der Waals surface area contributed by atoms with E-state index in [0.717, 1.165) is 5.56 Å². The number of hydrogen-bond acceptors (Lipinski definition) is 5. The molecular formula is C14H12N2O4. The molecule has 6 heteroatoms. The number of aromatic nitrogens is 1. The highest BCUT2D eigenvalue weighted by molar-refractivity contribution is 5.91. The van der Waals surface area contributed by atoms with Crippen LogP contribution in [0.25, 0.3) is 11.3 Å². The van der Waals surface area contributed by atoms with Gasteiger partial charge in [-0.1, -0.05) is 6.07 Å². The molecule has 0 aliphatic rings. The molecule has 0 N–H and O–H groups in total. The molecule has 0 amide bonds. The molecule has 20 heavy (non-hydrogen) atoms. The predicted molar refractivity (Wildman–Crippen MR) is 72.4 cm³/mol. The van der Waals surface area contributed by atoms with Crippen molar-refractivity contribution in [1.82, 2.24) is 4.98 Å². The van der Waals surface area contributed by atoms with E-state index in [0.29, 0.717) is 11.3 Å². The summed E-state index contributed by atoms with van der Waals surface area (Å²) in [7, 11) is 1.23. The zero-order chi connectivity index (χ0) is 14.7. The van der Waals surface area contributed by atoms with Crippen LogP contribution < -0.4 is 0 Å². The number of methoxy groups -OCH3 is 1. The lowest BCUT2D eigenvalue weighted by molar-refractivity contribution is -0.384. The zero-order valence-electron chi connectivity index (χ0n) is 11.0. The van der Waals surface area contributed by atoms with Crippen LogP contribution in [0.4, 0.5) is 5.69 Å². The fraction of sp³-hybridized carbons (Fsp3) is 0.143. The minimum atomic E-state index is -0.623. The molecule has 0 saturated carbocycles. The number of benzene rings is 1. The molecule has 1 aromatic carbocycles. The van der Waals surface area contributed by atoms with E-state index < -0.39 is 10.9 Å².